The number of nitrogens with zero attached hydrogens (tertiary/aromatic N) is 3. The molecule has 0 aromatic rings. The summed E-state index contributed by atoms with van der Waals surface area (Å²) in [5, 5.41) is 6.86. The summed E-state index contributed by atoms with van der Waals surface area (Å²) in [6.45, 7) is 14.6. The molecule has 0 bridgehead atoms. The number of hydrogen-bond acceptors (Lipinski definition) is 3. The lowest BCUT2D eigenvalue weighted by atomic mass is 9.99. The fourth-order valence-corrected chi connectivity index (χ4v) is 3.45. The maximum atomic E-state index is 4.74. The maximum Gasteiger partial charge on any atom is 0.191 e. The van der Waals surface area contributed by atoms with E-state index in [1.165, 1.54) is 58.3 Å². The van der Waals surface area contributed by atoms with Crippen molar-refractivity contribution < 1.29 is 0 Å². The number of guanidine groups is 1. The van der Waals surface area contributed by atoms with E-state index in [2.05, 4.69) is 34.3 Å². The first-order valence-corrected chi connectivity index (χ1v) is 9.75. The van der Waals surface area contributed by atoms with Gasteiger partial charge in [0, 0.05) is 26.2 Å². The first-order valence-electron chi connectivity index (χ1n) is 9.75. The Bertz CT molecular complexity index is 336. The summed E-state index contributed by atoms with van der Waals surface area (Å²) in [5.74, 6) is 1.89. The molecule has 2 aliphatic heterocycles. The Hall–Kier alpha value is -0.0800. The van der Waals surface area contributed by atoms with Crippen LogP contribution >= 0.6 is 24.0 Å². The van der Waals surface area contributed by atoms with Gasteiger partial charge in [0.2, 0.25) is 0 Å². The fourth-order valence-electron chi connectivity index (χ4n) is 3.45. The summed E-state index contributed by atoms with van der Waals surface area (Å²) in [7, 11) is 0. The normalized spacial score (nSPS) is 21.3. The lowest BCUT2D eigenvalue weighted by Crippen LogP contribution is -2.43. The summed E-state index contributed by atoms with van der Waals surface area (Å²) < 4.78 is 0. The van der Waals surface area contributed by atoms with Crippen LogP contribution in [0.2, 0.25) is 0 Å². The van der Waals surface area contributed by atoms with Crippen LogP contribution in [-0.4, -0.2) is 74.7 Å². The van der Waals surface area contributed by atoms with Crippen molar-refractivity contribution in [3.63, 3.8) is 0 Å². The first kappa shape index (κ1) is 22.0. The minimum absolute atomic E-state index is 0. The molecule has 2 N–H and O–H groups in total. The molecule has 0 aromatic heterocycles. The van der Waals surface area contributed by atoms with Crippen LogP contribution in [0.1, 0.15) is 46.0 Å². The number of aliphatic imine (C=N–C) groups is 1. The second-order valence-electron chi connectivity index (χ2n) is 7.11. The second kappa shape index (κ2) is 13.2. The highest BCUT2D eigenvalue weighted by Gasteiger charge is 2.14. The van der Waals surface area contributed by atoms with E-state index < -0.39 is 0 Å². The van der Waals surface area contributed by atoms with Gasteiger partial charge in [0.25, 0.3) is 0 Å². The molecule has 6 heteroatoms. The number of likely N-dealkylation sites (tertiary alicyclic amines) is 2. The van der Waals surface area contributed by atoms with E-state index in [0.717, 1.165) is 44.6 Å². The predicted molar refractivity (Wildman–Crippen MR) is 115 cm³/mol. The van der Waals surface area contributed by atoms with E-state index >= 15 is 0 Å². The Morgan fingerprint density at radius 1 is 0.958 bits per heavy atom. The summed E-state index contributed by atoms with van der Waals surface area (Å²) in [6.07, 6.45) is 6.82. The summed E-state index contributed by atoms with van der Waals surface area (Å²) in [5.41, 5.74) is 0. The number of nitrogens with one attached hydrogen (secondary N) is 2. The minimum atomic E-state index is 0. The van der Waals surface area contributed by atoms with Gasteiger partial charge in [-0.05, 0) is 64.7 Å². The molecule has 2 fully saturated rings. The van der Waals surface area contributed by atoms with E-state index in [0.29, 0.717) is 0 Å². The third-order valence-corrected chi connectivity index (χ3v) is 5.08. The van der Waals surface area contributed by atoms with Crippen molar-refractivity contribution in [2.24, 2.45) is 10.9 Å². The van der Waals surface area contributed by atoms with Crippen LogP contribution in [0.15, 0.2) is 4.99 Å². The average molecular weight is 451 g/mol. The predicted octanol–water partition coefficient (Wildman–Crippen LogP) is 2.38. The van der Waals surface area contributed by atoms with Gasteiger partial charge in [-0.2, -0.15) is 0 Å². The molecule has 2 rings (SSSR count). The van der Waals surface area contributed by atoms with Crippen molar-refractivity contribution in [3.05, 3.63) is 0 Å². The van der Waals surface area contributed by atoms with Gasteiger partial charge in [-0.3, -0.25) is 4.99 Å². The van der Waals surface area contributed by atoms with Crippen molar-refractivity contribution >= 4 is 29.9 Å². The highest BCUT2D eigenvalue weighted by molar-refractivity contribution is 14.0. The Morgan fingerprint density at radius 2 is 1.62 bits per heavy atom. The standard InChI is InChI=1S/C18H37N5.HI/c1-3-19-18(20-9-15-22-11-5-4-6-12-22)21-10-16-23-13-7-17(2)8-14-23;/h17H,3-16H2,1-2H3,(H2,19,20,21);1H. The van der Waals surface area contributed by atoms with Gasteiger partial charge in [-0.1, -0.05) is 13.3 Å². The fraction of sp³-hybridized carbons (Fsp3) is 0.944. The van der Waals surface area contributed by atoms with Gasteiger partial charge in [-0.25, -0.2) is 0 Å². The van der Waals surface area contributed by atoms with Crippen LogP contribution in [0.25, 0.3) is 0 Å². The van der Waals surface area contributed by atoms with Crippen LogP contribution < -0.4 is 10.6 Å². The zero-order valence-corrected chi connectivity index (χ0v) is 18.1. The Morgan fingerprint density at radius 3 is 2.29 bits per heavy atom. The lowest BCUT2D eigenvalue weighted by Gasteiger charge is -2.29. The zero-order chi connectivity index (χ0) is 16.3. The highest BCUT2D eigenvalue weighted by atomic mass is 127. The van der Waals surface area contributed by atoms with Gasteiger partial charge in [0.15, 0.2) is 5.96 Å². The largest absolute Gasteiger partial charge is 0.357 e. The molecule has 2 heterocycles. The van der Waals surface area contributed by atoms with Crippen LogP contribution in [0, 0.1) is 5.92 Å². The van der Waals surface area contributed by atoms with Gasteiger partial charge in [0.05, 0.1) is 6.54 Å². The Labute approximate surface area is 166 Å². The van der Waals surface area contributed by atoms with Crippen molar-refractivity contribution in [3.8, 4) is 0 Å². The van der Waals surface area contributed by atoms with Crippen LogP contribution in [0.5, 0.6) is 0 Å². The topological polar surface area (TPSA) is 42.9 Å². The molecule has 24 heavy (non-hydrogen) atoms. The molecule has 0 saturated carbocycles. The zero-order valence-electron chi connectivity index (χ0n) is 15.7. The molecular weight excluding hydrogens is 413 g/mol. The SMILES string of the molecule is CCNC(=NCCN1CCC(C)CC1)NCCN1CCCCC1.I. The molecular formula is C18H38IN5. The van der Waals surface area contributed by atoms with Crippen molar-refractivity contribution in [1.29, 1.82) is 0 Å². The smallest absolute Gasteiger partial charge is 0.191 e. The third kappa shape index (κ3) is 8.85. The number of halogens is 1. The molecule has 5 nitrogen and oxygen atoms in total. The second-order valence-corrected chi connectivity index (χ2v) is 7.11. The molecule has 0 radical (unpaired) electrons. The Kier molecular flexibility index (Phi) is 12.0. The summed E-state index contributed by atoms with van der Waals surface area (Å²) in [6, 6.07) is 0. The average Bonchev–Trinajstić information content (AvgIpc) is 2.58. The summed E-state index contributed by atoms with van der Waals surface area (Å²) in [4.78, 5) is 9.86. The molecule has 0 spiro atoms. The first-order chi connectivity index (χ1) is 11.3. The summed E-state index contributed by atoms with van der Waals surface area (Å²) >= 11 is 0. The van der Waals surface area contributed by atoms with E-state index in [-0.39, 0.29) is 24.0 Å². The van der Waals surface area contributed by atoms with Gasteiger partial charge in [-0.15, -0.1) is 24.0 Å². The van der Waals surface area contributed by atoms with Gasteiger partial charge in [0.1, 0.15) is 0 Å². The molecule has 2 saturated heterocycles. The molecule has 142 valence electrons. The van der Waals surface area contributed by atoms with Gasteiger partial charge < -0.3 is 20.4 Å². The van der Waals surface area contributed by atoms with E-state index in [4.69, 9.17) is 4.99 Å². The van der Waals surface area contributed by atoms with E-state index in [9.17, 15) is 0 Å². The lowest BCUT2D eigenvalue weighted by molar-refractivity contribution is 0.197. The van der Waals surface area contributed by atoms with Crippen LogP contribution in [0.4, 0.5) is 0 Å². The monoisotopic (exact) mass is 451 g/mol. The number of rotatable bonds is 7. The van der Waals surface area contributed by atoms with Gasteiger partial charge >= 0.3 is 0 Å². The van der Waals surface area contributed by atoms with E-state index in [1.807, 2.05) is 0 Å². The molecule has 0 atom stereocenters. The number of hydrogen-bond donors (Lipinski definition) is 2. The molecule has 0 aliphatic carbocycles. The Balaban J connectivity index is 0.00000288. The molecule has 0 unspecified atom stereocenters. The molecule has 0 amide bonds. The quantitative estimate of drug-likeness (QED) is 0.355. The van der Waals surface area contributed by atoms with Crippen molar-refractivity contribution in [2.75, 3.05) is 58.9 Å². The van der Waals surface area contributed by atoms with Crippen LogP contribution in [-0.2, 0) is 0 Å². The van der Waals surface area contributed by atoms with Crippen molar-refractivity contribution in [1.82, 2.24) is 20.4 Å². The van der Waals surface area contributed by atoms with E-state index in [1.54, 1.807) is 0 Å². The highest BCUT2D eigenvalue weighted by Crippen LogP contribution is 2.15. The minimum Gasteiger partial charge on any atom is -0.357 e. The van der Waals surface area contributed by atoms with Crippen molar-refractivity contribution in [2.45, 2.75) is 46.0 Å². The maximum absolute atomic E-state index is 4.74. The number of piperidine rings is 2. The molecule has 0 aromatic carbocycles. The third-order valence-electron chi connectivity index (χ3n) is 5.08. The molecule has 2 aliphatic rings. The van der Waals surface area contributed by atoms with Crippen LogP contribution in [0.3, 0.4) is 0 Å².